The van der Waals surface area contributed by atoms with E-state index in [1.54, 1.807) is 11.6 Å². The van der Waals surface area contributed by atoms with E-state index in [0.29, 0.717) is 0 Å². The Hall–Kier alpha value is -3.08. The van der Waals surface area contributed by atoms with Gasteiger partial charge in [-0.1, -0.05) is 43.9 Å². The third-order valence-electron chi connectivity index (χ3n) is 4.50. The van der Waals surface area contributed by atoms with Crippen LogP contribution in [0.3, 0.4) is 0 Å². The summed E-state index contributed by atoms with van der Waals surface area (Å²) in [6.07, 6.45) is 10.8. The van der Waals surface area contributed by atoms with Crippen LogP contribution in [0.2, 0.25) is 0 Å². The molecule has 26 heavy (non-hydrogen) atoms. The summed E-state index contributed by atoms with van der Waals surface area (Å²) >= 11 is 0. The first-order valence-corrected chi connectivity index (χ1v) is 8.84. The van der Waals surface area contributed by atoms with E-state index in [1.807, 2.05) is 42.8 Å². The fourth-order valence-corrected chi connectivity index (χ4v) is 3.07. The number of hydrogen-bond donors (Lipinski definition) is 1. The molecule has 0 bridgehead atoms. The van der Waals surface area contributed by atoms with Crippen molar-refractivity contribution in [2.45, 2.75) is 26.8 Å². The lowest BCUT2D eigenvalue weighted by atomic mass is 10.0. The van der Waals surface area contributed by atoms with Crippen molar-refractivity contribution in [1.29, 1.82) is 0 Å². The van der Waals surface area contributed by atoms with Gasteiger partial charge in [0.1, 0.15) is 0 Å². The first-order chi connectivity index (χ1) is 12.6. The lowest BCUT2D eigenvalue weighted by molar-refractivity contribution is 0.769. The summed E-state index contributed by atoms with van der Waals surface area (Å²) in [4.78, 5) is 19.4. The van der Waals surface area contributed by atoms with E-state index in [-0.39, 0.29) is 5.69 Å². The number of aryl methyl sites for hydroxylation is 2. The molecule has 3 rings (SSSR count). The molecule has 0 fully saturated rings. The molecule has 1 aromatic carbocycles. The first-order valence-electron chi connectivity index (χ1n) is 8.84. The highest BCUT2D eigenvalue weighted by atomic mass is 16.1. The SMILES string of the molecule is C=C/C(=C\C=C/CC)c1ncn(CC)c1-c1ccc2c(c1)[nH]c(=O)n2C. The summed E-state index contributed by atoms with van der Waals surface area (Å²) in [5, 5.41) is 0. The molecule has 0 amide bonds. The minimum Gasteiger partial charge on any atom is -0.330 e. The lowest BCUT2D eigenvalue weighted by Gasteiger charge is -2.09. The molecule has 0 saturated heterocycles. The van der Waals surface area contributed by atoms with Gasteiger partial charge in [0, 0.05) is 24.7 Å². The van der Waals surface area contributed by atoms with Gasteiger partial charge in [0.05, 0.1) is 28.7 Å². The Balaban J connectivity index is 2.19. The van der Waals surface area contributed by atoms with Crippen molar-refractivity contribution in [3.05, 3.63) is 71.6 Å². The van der Waals surface area contributed by atoms with Gasteiger partial charge in [0.25, 0.3) is 0 Å². The van der Waals surface area contributed by atoms with Crippen molar-refractivity contribution < 1.29 is 0 Å². The molecule has 5 nitrogen and oxygen atoms in total. The number of nitrogens with zero attached hydrogens (tertiary/aromatic N) is 3. The Kier molecular flexibility index (Phi) is 5.07. The quantitative estimate of drug-likeness (QED) is 0.676. The monoisotopic (exact) mass is 348 g/mol. The zero-order valence-electron chi connectivity index (χ0n) is 15.5. The van der Waals surface area contributed by atoms with Crippen LogP contribution in [0.5, 0.6) is 0 Å². The summed E-state index contributed by atoms with van der Waals surface area (Å²) < 4.78 is 3.72. The molecule has 5 heteroatoms. The Morgan fingerprint density at radius 2 is 2.15 bits per heavy atom. The van der Waals surface area contributed by atoms with E-state index in [0.717, 1.165) is 46.5 Å². The number of hydrogen-bond acceptors (Lipinski definition) is 2. The van der Waals surface area contributed by atoms with Crippen molar-refractivity contribution in [2.24, 2.45) is 7.05 Å². The van der Waals surface area contributed by atoms with Crippen molar-refractivity contribution >= 4 is 16.6 Å². The van der Waals surface area contributed by atoms with Crippen LogP contribution in [0.1, 0.15) is 26.0 Å². The van der Waals surface area contributed by atoms with Crippen molar-refractivity contribution in [3.8, 4) is 11.3 Å². The van der Waals surface area contributed by atoms with Crippen LogP contribution in [0.15, 0.2) is 60.2 Å². The molecule has 0 saturated carbocycles. The number of fused-ring (bicyclic) bond motifs is 1. The maximum atomic E-state index is 11.9. The zero-order valence-corrected chi connectivity index (χ0v) is 15.5. The van der Waals surface area contributed by atoms with Crippen LogP contribution in [0.25, 0.3) is 27.9 Å². The highest BCUT2D eigenvalue weighted by Crippen LogP contribution is 2.30. The van der Waals surface area contributed by atoms with Crippen molar-refractivity contribution in [1.82, 2.24) is 19.1 Å². The number of H-pyrrole nitrogens is 1. The van der Waals surface area contributed by atoms with Crippen LogP contribution in [-0.2, 0) is 13.6 Å². The van der Waals surface area contributed by atoms with Crippen LogP contribution in [-0.4, -0.2) is 19.1 Å². The van der Waals surface area contributed by atoms with Crippen molar-refractivity contribution in [3.63, 3.8) is 0 Å². The topological polar surface area (TPSA) is 55.6 Å². The molecule has 0 spiro atoms. The Bertz CT molecular complexity index is 1060. The molecule has 2 heterocycles. The highest BCUT2D eigenvalue weighted by Gasteiger charge is 2.16. The number of nitrogens with one attached hydrogen (secondary N) is 1. The molecule has 0 aliphatic heterocycles. The van der Waals surface area contributed by atoms with E-state index >= 15 is 0 Å². The summed E-state index contributed by atoms with van der Waals surface area (Å²) in [5.41, 5.74) is 5.49. The van der Waals surface area contributed by atoms with Crippen LogP contribution < -0.4 is 5.69 Å². The van der Waals surface area contributed by atoms with Gasteiger partial charge >= 0.3 is 5.69 Å². The number of imidazole rings is 2. The predicted molar refractivity (Wildman–Crippen MR) is 108 cm³/mol. The van der Waals surface area contributed by atoms with Gasteiger partial charge in [0.15, 0.2) is 0 Å². The molecular weight excluding hydrogens is 324 g/mol. The van der Waals surface area contributed by atoms with E-state index in [9.17, 15) is 4.79 Å². The van der Waals surface area contributed by atoms with Gasteiger partial charge in [-0.15, -0.1) is 0 Å². The van der Waals surface area contributed by atoms with E-state index < -0.39 is 0 Å². The fourth-order valence-electron chi connectivity index (χ4n) is 3.07. The molecule has 3 aromatic rings. The lowest BCUT2D eigenvalue weighted by Crippen LogP contribution is -2.11. The second-order valence-corrected chi connectivity index (χ2v) is 6.11. The summed E-state index contributed by atoms with van der Waals surface area (Å²) in [6.45, 7) is 8.95. The number of rotatable bonds is 6. The molecule has 0 aliphatic carbocycles. The summed E-state index contributed by atoms with van der Waals surface area (Å²) in [5.74, 6) is 0. The molecular formula is C21H24N4O. The Morgan fingerprint density at radius 3 is 2.85 bits per heavy atom. The van der Waals surface area contributed by atoms with Gasteiger partial charge < -0.3 is 9.55 Å². The normalized spacial score (nSPS) is 12.3. The number of allylic oxidation sites excluding steroid dienone is 5. The summed E-state index contributed by atoms with van der Waals surface area (Å²) in [6, 6.07) is 6.00. The summed E-state index contributed by atoms with van der Waals surface area (Å²) in [7, 11) is 1.77. The molecule has 0 atom stereocenters. The van der Waals surface area contributed by atoms with Gasteiger partial charge in [-0.3, -0.25) is 4.57 Å². The van der Waals surface area contributed by atoms with E-state index in [2.05, 4.69) is 41.0 Å². The van der Waals surface area contributed by atoms with Gasteiger partial charge in [0.2, 0.25) is 0 Å². The molecule has 0 radical (unpaired) electrons. The van der Waals surface area contributed by atoms with Gasteiger partial charge in [-0.2, -0.15) is 0 Å². The third-order valence-corrected chi connectivity index (χ3v) is 4.50. The van der Waals surface area contributed by atoms with Crippen LogP contribution >= 0.6 is 0 Å². The van der Waals surface area contributed by atoms with Gasteiger partial charge in [-0.25, -0.2) is 9.78 Å². The number of aromatic amines is 1. The minimum atomic E-state index is -0.113. The maximum Gasteiger partial charge on any atom is 0.326 e. The molecule has 0 aliphatic rings. The number of benzene rings is 1. The molecule has 134 valence electrons. The standard InChI is InChI=1S/C21H24N4O/c1-5-8-9-10-15(6-2)19-20(25(7-3)14-22-19)16-11-12-18-17(13-16)23-21(26)24(18)4/h6,8-14H,2,5,7H2,1,3-4H3,(H,23,26)/b9-8-,15-10+. The molecule has 1 N–H and O–H groups in total. The fraction of sp³-hybridized carbons (Fsp3) is 0.238. The second kappa shape index (κ2) is 7.44. The third kappa shape index (κ3) is 3.08. The highest BCUT2D eigenvalue weighted by molar-refractivity contribution is 5.87. The average Bonchev–Trinajstić information content (AvgIpc) is 3.19. The molecule has 0 unspecified atom stereocenters. The minimum absolute atomic E-state index is 0.113. The van der Waals surface area contributed by atoms with Gasteiger partial charge in [-0.05, 0) is 25.5 Å². The van der Waals surface area contributed by atoms with E-state index in [4.69, 9.17) is 0 Å². The first kappa shape index (κ1) is 17.7. The van der Waals surface area contributed by atoms with E-state index in [1.165, 1.54) is 0 Å². The van der Waals surface area contributed by atoms with Crippen LogP contribution in [0, 0.1) is 0 Å². The predicted octanol–water partition coefficient (Wildman–Crippen LogP) is 4.29. The second-order valence-electron chi connectivity index (χ2n) is 6.11. The Morgan fingerprint density at radius 1 is 1.35 bits per heavy atom. The zero-order chi connectivity index (χ0) is 18.7. The largest absolute Gasteiger partial charge is 0.330 e. The number of aromatic nitrogens is 4. The van der Waals surface area contributed by atoms with Crippen LogP contribution in [0.4, 0.5) is 0 Å². The van der Waals surface area contributed by atoms with Crippen molar-refractivity contribution in [2.75, 3.05) is 0 Å². The maximum absolute atomic E-state index is 11.9. The average molecular weight is 348 g/mol. The Labute approximate surface area is 153 Å². The smallest absolute Gasteiger partial charge is 0.326 e. The molecule has 2 aromatic heterocycles.